The third-order valence-electron chi connectivity index (χ3n) is 3.80. The predicted octanol–water partition coefficient (Wildman–Crippen LogP) is 2.90. The van der Waals surface area contributed by atoms with E-state index in [1.165, 1.54) is 0 Å². The van der Waals surface area contributed by atoms with Crippen LogP contribution in [0.15, 0.2) is 71.2 Å². The predicted molar refractivity (Wildman–Crippen MR) is 114 cm³/mol. The average molecular weight is 383 g/mol. The molecule has 0 heterocycles. The van der Waals surface area contributed by atoms with Crippen LogP contribution in [-0.4, -0.2) is 24.3 Å². The highest BCUT2D eigenvalue weighted by Crippen LogP contribution is 2.10. The molecule has 4 N–H and O–H groups in total. The summed E-state index contributed by atoms with van der Waals surface area (Å²) in [4.78, 5) is 15.5. The Kier molecular flexibility index (Phi) is 10.7. The van der Waals surface area contributed by atoms with Crippen molar-refractivity contribution < 1.29 is 9.90 Å². The van der Waals surface area contributed by atoms with Crippen molar-refractivity contribution in [1.82, 2.24) is 16.0 Å². The molecule has 0 fully saturated rings. The second-order valence-electron chi connectivity index (χ2n) is 5.63. The Labute approximate surface area is 167 Å². The van der Waals surface area contributed by atoms with Gasteiger partial charge >= 0.3 is 0 Å². The third-order valence-corrected chi connectivity index (χ3v) is 3.80. The van der Waals surface area contributed by atoms with Crippen LogP contribution in [-0.2, 0) is 17.9 Å². The lowest BCUT2D eigenvalue weighted by Crippen LogP contribution is -2.29. The van der Waals surface area contributed by atoms with Crippen LogP contribution in [0.1, 0.15) is 37.5 Å². The van der Waals surface area contributed by atoms with Crippen LogP contribution in [0, 0.1) is 0 Å². The summed E-state index contributed by atoms with van der Waals surface area (Å²) in [5, 5.41) is 18.1. The summed E-state index contributed by atoms with van der Waals surface area (Å²) in [6.45, 7) is 6.43. The van der Waals surface area contributed by atoms with Gasteiger partial charge in [0.25, 0.3) is 0 Å². The molecule has 0 saturated carbocycles. The molecule has 0 radical (unpaired) electrons. The Balaban J connectivity index is 0.00000190. The van der Waals surface area contributed by atoms with Gasteiger partial charge in [-0.1, -0.05) is 62.4 Å². The van der Waals surface area contributed by atoms with Crippen molar-refractivity contribution in [3.8, 4) is 0 Å². The molecule has 1 amide bonds. The van der Waals surface area contributed by atoms with Crippen molar-refractivity contribution in [2.45, 2.75) is 33.9 Å². The van der Waals surface area contributed by atoms with Crippen LogP contribution < -0.4 is 16.0 Å². The number of benzene rings is 2. The maximum Gasteiger partial charge on any atom is 0.212 e. The van der Waals surface area contributed by atoms with E-state index in [0.29, 0.717) is 24.6 Å². The van der Waals surface area contributed by atoms with Gasteiger partial charge in [-0.05, 0) is 29.7 Å². The first-order chi connectivity index (χ1) is 13.7. The second-order valence-corrected chi connectivity index (χ2v) is 5.63. The van der Waals surface area contributed by atoms with Gasteiger partial charge in [0.05, 0.1) is 6.61 Å². The van der Waals surface area contributed by atoms with E-state index in [1.54, 1.807) is 7.05 Å². The maximum absolute atomic E-state index is 10.9. The topological polar surface area (TPSA) is 85.8 Å². The number of hydrogen-bond acceptors (Lipinski definition) is 5. The minimum atomic E-state index is -0.0233. The Hall–Kier alpha value is -3.12. The molecule has 0 spiro atoms. The number of amides is 1. The van der Waals surface area contributed by atoms with Gasteiger partial charge in [0.15, 0.2) is 5.82 Å². The summed E-state index contributed by atoms with van der Waals surface area (Å²) in [5.74, 6) is 1.00. The summed E-state index contributed by atoms with van der Waals surface area (Å²) in [5.41, 5.74) is 3.58. The molecule has 0 bridgehead atoms. The van der Waals surface area contributed by atoms with Crippen molar-refractivity contribution in [2.24, 2.45) is 4.99 Å². The van der Waals surface area contributed by atoms with Crippen LogP contribution in [0.4, 0.5) is 0 Å². The summed E-state index contributed by atoms with van der Waals surface area (Å²) >= 11 is 0. The van der Waals surface area contributed by atoms with Gasteiger partial charge in [0.1, 0.15) is 5.82 Å². The smallest absolute Gasteiger partial charge is 0.212 e. The van der Waals surface area contributed by atoms with Crippen molar-refractivity contribution in [1.29, 1.82) is 0 Å². The van der Waals surface area contributed by atoms with Crippen molar-refractivity contribution >= 4 is 12.1 Å². The molecule has 28 heavy (non-hydrogen) atoms. The van der Waals surface area contributed by atoms with E-state index in [-0.39, 0.29) is 6.61 Å². The van der Waals surface area contributed by atoms with Crippen molar-refractivity contribution in [3.05, 3.63) is 82.9 Å². The van der Waals surface area contributed by atoms with Gasteiger partial charge in [-0.15, -0.1) is 0 Å². The SMILES string of the molecule is CC.CN/C(NC=O)=C(\N=C(/C)c1cccc(CO)c1)NCc1ccccc1. The molecule has 0 aromatic heterocycles. The molecular weight excluding hydrogens is 352 g/mol. The van der Waals surface area contributed by atoms with Crippen LogP contribution >= 0.6 is 0 Å². The number of carbonyl (C=O) groups excluding carboxylic acids is 1. The molecule has 2 rings (SSSR count). The lowest BCUT2D eigenvalue weighted by molar-refractivity contribution is -0.109. The number of nitrogens with one attached hydrogen (secondary N) is 3. The minimum absolute atomic E-state index is 0.0233. The number of aliphatic imine (C=N–C) groups is 1. The molecule has 2 aromatic carbocycles. The van der Waals surface area contributed by atoms with E-state index >= 15 is 0 Å². The Morgan fingerprint density at radius 3 is 2.36 bits per heavy atom. The fourth-order valence-electron chi connectivity index (χ4n) is 2.41. The van der Waals surface area contributed by atoms with Gasteiger partial charge < -0.3 is 21.1 Å². The second kappa shape index (κ2) is 13.1. The molecule has 2 aromatic rings. The summed E-state index contributed by atoms with van der Waals surface area (Å²) < 4.78 is 0. The maximum atomic E-state index is 10.9. The van der Waals surface area contributed by atoms with E-state index in [4.69, 9.17) is 0 Å². The van der Waals surface area contributed by atoms with Gasteiger partial charge in [0.2, 0.25) is 6.41 Å². The number of carbonyl (C=O) groups is 1. The molecule has 0 aliphatic rings. The number of aliphatic hydroxyl groups excluding tert-OH is 1. The van der Waals surface area contributed by atoms with Gasteiger partial charge in [-0.2, -0.15) is 0 Å². The molecule has 0 aliphatic carbocycles. The zero-order chi connectivity index (χ0) is 20.8. The first-order valence-electron chi connectivity index (χ1n) is 9.33. The first kappa shape index (κ1) is 22.9. The molecule has 0 unspecified atom stereocenters. The lowest BCUT2D eigenvalue weighted by Gasteiger charge is -2.14. The fourth-order valence-corrected chi connectivity index (χ4v) is 2.41. The number of rotatable bonds is 9. The van der Waals surface area contributed by atoms with Gasteiger partial charge in [-0.25, -0.2) is 4.99 Å². The quantitative estimate of drug-likeness (QED) is 0.397. The lowest BCUT2D eigenvalue weighted by atomic mass is 10.1. The highest BCUT2D eigenvalue weighted by atomic mass is 16.3. The highest BCUT2D eigenvalue weighted by Gasteiger charge is 2.07. The van der Waals surface area contributed by atoms with Gasteiger partial charge in [0, 0.05) is 19.3 Å². The van der Waals surface area contributed by atoms with E-state index in [2.05, 4.69) is 20.9 Å². The molecule has 0 atom stereocenters. The van der Waals surface area contributed by atoms with Crippen molar-refractivity contribution in [2.75, 3.05) is 7.05 Å². The molecule has 0 saturated heterocycles. The molecule has 6 nitrogen and oxygen atoms in total. The summed E-state index contributed by atoms with van der Waals surface area (Å²) in [6.07, 6.45) is 0.604. The molecule has 6 heteroatoms. The highest BCUT2D eigenvalue weighted by molar-refractivity contribution is 5.99. The van der Waals surface area contributed by atoms with E-state index in [9.17, 15) is 9.90 Å². The van der Waals surface area contributed by atoms with E-state index in [1.807, 2.05) is 75.4 Å². The standard InChI is InChI=1S/C20H24N4O2.C2H6/c1-15(18-10-6-9-17(11-18)13-25)24-20(19(21-2)23-14-26)22-12-16-7-4-3-5-8-16;1-2/h3-11,14,21-22,25H,12-13H2,1-2H3,(H,23,26);1-2H3/b20-19+,24-15+;. The van der Waals surface area contributed by atoms with Crippen molar-refractivity contribution in [3.63, 3.8) is 0 Å². The third kappa shape index (κ3) is 7.25. The monoisotopic (exact) mass is 382 g/mol. The Morgan fingerprint density at radius 2 is 1.75 bits per heavy atom. The van der Waals surface area contributed by atoms with E-state index < -0.39 is 0 Å². The number of hydrogen-bond donors (Lipinski definition) is 4. The number of nitrogens with zero attached hydrogens (tertiary/aromatic N) is 1. The van der Waals surface area contributed by atoms with Crippen LogP contribution in [0.2, 0.25) is 0 Å². The molecular formula is C22H30N4O2. The summed E-state index contributed by atoms with van der Waals surface area (Å²) in [7, 11) is 1.72. The van der Waals surface area contributed by atoms with Crippen LogP contribution in [0.5, 0.6) is 0 Å². The zero-order valence-electron chi connectivity index (χ0n) is 17.0. The Morgan fingerprint density at radius 1 is 1.07 bits per heavy atom. The largest absolute Gasteiger partial charge is 0.392 e. The molecule has 0 aliphatic heterocycles. The zero-order valence-corrected chi connectivity index (χ0v) is 17.0. The minimum Gasteiger partial charge on any atom is -0.392 e. The first-order valence-corrected chi connectivity index (χ1v) is 9.33. The van der Waals surface area contributed by atoms with Gasteiger partial charge in [-0.3, -0.25) is 4.79 Å². The average Bonchev–Trinajstić information content (AvgIpc) is 2.77. The fraction of sp³-hybridized carbons (Fsp3) is 0.273. The molecule has 150 valence electrons. The van der Waals surface area contributed by atoms with E-state index in [0.717, 1.165) is 22.4 Å². The number of aliphatic hydroxyl groups is 1. The Bertz CT molecular complexity index is 786. The van der Waals surface area contributed by atoms with Crippen LogP contribution in [0.25, 0.3) is 0 Å². The summed E-state index contributed by atoms with van der Waals surface area (Å²) in [6, 6.07) is 17.5. The van der Waals surface area contributed by atoms with Crippen LogP contribution in [0.3, 0.4) is 0 Å². The normalized spacial score (nSPS) is 11.5.